The average Bonchev–Trinajstić information content (AvgIpc) is 2.88. The van der Waals surface area contributed by atoms with Crippen molar-refractivity contribution in [1.29, 1.82) is 0 Å². The molecule has 0 spiro atoms. The number of nitrogens with zero attached hydrogens (tertiary/aromatic N) is 1. The highest BCUT2D eigenvalue weighted by atomic mass is 35.5. The molecule has 0 aliphatic heterocycles. The Labute approximate surface area is 242 Å². The fourth-order valence-electron chi connectivity index (χ4n) is 3.04. The Morgan fingerprint density at radius 3 is 1.20 bits per heavy atom. The number of halogens is 3. The molecule has 12 nitrogen and oxygen atoms in total. The van der Waals surface area contributed by atoms with E-state index in [4.69, 9.17) is 49.0 Å². The largest absolute Gasteiger partial charge is 0.441 e. The van der Waals surface area contributed by atoms with Crippen LogP contribution < -0.4 is 16.0 Å². The smallest absolute Gasteiger partial charge is 0.411 e. The van der Waals surface area contributed by atoms with Gasteiger partial charge in [-0.2, -0.15) is 0 Å². The van der Waals surface area contributed by atoms with Gasteiger partial charge >= 0.3 is 23.8 Å². The Morgan fingerprint density at radius 2 is 0.950 bits per heavy atom. The SMILES string of the molecule is O=C(Nc1cccc(Cl)c1)OCC(COC(=O)Nc1cccc(Cl)c1)(COC(=O)Nc1cccc(Cl)c1)[N+](=O)[O-]. The number of carbonyl (C=O) groups excluding carboxylic acids is 3. The Kier molecular flexibility index (Phi) is 10.8. The van der Waals surface area contributed by atoms with Crippen LogP contribution in [0.5, 0.6) is 0 Å². The van der Waals surface area contributed by atoms with Crippen LogP contribution in [0.2, 0.25) is 15.1 Å². The van der Waals surface area contributed by atoms with E-state index in [1.165, 1.54) is 36.4 Å². The van der Waals surface area contributed by atoms with E-state index in [0.717, 1.165) is 0 Å². The number of rotatable bonds is 10. The van der Waals surface area contributed by atoms with Gasteiger partial charge < -0.3 is 14.2 Å². The molecule has 0 saturated carbocycles. The zero-order valence-electron chi connectivity index (χ0n) is 20.4. The van der Waals surface area contributed by atoms with Gasteiger partial charge in [-0.3, -0.25) is 26.1 Å². The van der Waals surface area contributed by atoms with Crippen LogP contribution in [0.1, 0.15) is 0 Å². The molecular weight excluding hydrogens is 591 g/mol. The molecule has 3 amide bonds. The fraction of sp³-hybridized carbons (Fsp3) is 0.160. The molecule has 0 atom stereocenters. The lowest BCUT2D eigenvalue weighted by molar-refractivity contribution is -0.579. The summed E-state index contributed by atoms with van der Waals surface area (Å²) in [6, 6.07) is 18.3. The van der Waals surface area contributed by atoms with E-state index in [2.05, 4.69) is 16.0 Å². The number of nitrogens with one attached hydrogen (secondary N) is 3. The molecule has 0 aromatic heterocycles. The van der Waals surface area contributed by atoms with Gasteiger partial charge in [-0.25, -0.2) is 14.4 Å². The zero-order valence-corrected chi connectivity index (χ0v) is 22.7. The van der Waals surface area contributed by atoms with Gasteiger partial charge in [0.1, 0.15) is 0 Å². The van der Waals surface area contributed by atoms with E-state index >= 15 is 0 Å². The van der Waals surface area contributed by atoms with E-state index in [-0.39, 0.29) is 17.1 Å². The number of benzene rings is 3. The van der Waals surface area contributed by atoms with Gasteiger partial charge in [0.2, 0.25) is 0 Å². The third-order valence-electron chi connectivity index (χ3n) is 5.02. The highest BCUT2D eigenvalue weighted by Crippen LogP contribution is 2.20. The highest BCUT2D eigenvalue weighted by Gasteiger charge is 2.48. The second-order valence-electron chi connectivity index (χ2n) is 8.12. The van der Waals surface area contributed by atoms with Gasteiger partial charge in [0, 0.05) is 37.1 Å². The summed E-state index contributed by atoms with van der Waals surface area (Å²) in [6.45, 7) is -2.83. The molecule has 3 aromatic rings. The molecule has 0 saturated heterocycles. The van der Waals surface area contributed by atoms with Crippen molar-refractivity contribution in [3.05, 3.63) is 98.0 Å². The zero-order chi connectivity index (χ0) is 29.1. The molecule has 3 aromatic carbocycles. The topological polar surface area (TPSA) is 158 Å². The van der Waals surface area contributed by atoms with E-state index in [0.29, 0.717) is 15.1 Å². The third kappa shape index (κ3) is 9.49. The number of hydrogen-bond acceptors (Lipinski definition) is 8. The standard InChI is InChI=1S/C25H21Cl3N4O8/c26-16-4-1-7-19(10-16)29-22(33)38-13-25(32(36)37,14-39-23(34)30-20-8-2-5-17(27)11-20)15-40-24(35)31-21-9-3-6-18(28)12-21/h1-12H,13-15H2,(H,29,33)(H,30,34)(H,31,35). The van der Waals surface area contributed by atoms with Crippen molar-refractivity contribution in [2.75, 3.05) is 35.8 Å². The molecule has 3 N–H and O–H groups in total. The van der Waals surface area contributed by atoms with Crippen LogP contribution in [0.4, 0.5) is 31.4 Å². The van der Waals surface area contributed by atoms with Crippen molar-refractivity contribution in [3.63, 3.8) is 0 Å². The molecule has 3 rings (SSSR count). The van der Waals surface area contributed by atoms with Crippen molar-refractivity contribution in [3.8, 4) is 0 Å². The van der Waals surface area contributed by atoms with Crippen LogP contribution in [0, 0.1) is 10.1 Å². The van der Waals surface area contributed by atoms with E-state index < -0.39 is 48.6 Å². The molecule has 0 fully saturated rings. The first kappa shape index (κ1) is 30.3. The molecule has 0 aliphatic rings. The van der Waals surface area contributed by atoms with Crippen molar-refractivity contribution >= 4 is 70.1 Å². The summed E-state index contributed by atoms with van der Waals surface area (Å²) in [5.74, 6) is 0. The quantitative estimate of drug-likeness (QED) is 0.130. The van der Waals surface area contributed by atoms with E-state index in [1.54, 1.807) is 36.4 Å². The minimum Gasteiger partial charge on any atom is -0.441 e. The number of carbonyl (C=O) groups is 3. The Hall–Kier alpha value is -4.26. The van der Waals surface area contributed by atoms with Gasteiger partial charge in [0.25, 0.3) is 0 Å². The second kappa shape index (κ2) is 14.2. The van der Waals surface area contributed by atoms with Gasteiger partial charge in [0.15, 0.2) is 19.8 Å². The number of anilines is 3. The average molecular weight is 612 g/mol. The predicted octanol–water partition coefficient (Wildman–Crippen LogP) is 6.71. The lowest BCUT2D eigenvalue weighted by atomic mass is 10.1. The van der Waals surface area contributed by atoms with Crippen LogP contribution in [-0.2, 0) is 14.2 Å². The molecule has 0 heterocycles. The van der Waals surface area contributed by atoms with Crippen LogP contribution in [-0.4, -0.2) is 48.6 Å². The summed E-state index contributed by atoms with van der Waals surface area (Å²) in [5.41, 5.74) is -1.60. The minimum atomic E-state index is -2.39. The summed E-state index contributed by atoms with van der Waals surface area (Å²) in [4.78, 5) is 48.4. The first-order valence-corrected chi connectivity index (χ1v) is 12.4. The first-order chi connectivity index (χ1) is 19.0. The molecule has 0 bridgehead atoms. The molecule has 0 radical (unpaired) electrons. The number of ether oxygens (including phenoxy) is 3. The molecular formula is C25H21Cl3N4O8. The number of nitro groups is 1. The van der Waals surface area contributed by atoms with Gasteiger partial charge in [-0.15, -0.1) is 0 Å². The van der Waals surface area contributed by atoms with Crippen molar-refractivity contribution in [2.24, 2.45) is 0 Å². The Balaban J connectivity index is 1.71. The lowest BCUT2D eigenvalue weighted by Gasteiger charge is -2.24. The molecule has 15 heteroatoms. The second-order valence-corrected chi connectivity index (χ2v) is 9.43. The van der Waals surface area contributed by atoms with Crippen molar-refractivity contribution in [1.82, 2.24) is 0 Å². The van der Waals surface area contributed by atoms with Gasteiger partial charge in [-0.1, -0.05) is 53.0 Å². The summed E-state index contributed by atoms with van der Waals surface area (Å²) < 4.78 is 15.2. The maximum atomic E-state index is 12.4. The first-order valence-electron chi connectivity index (χ1n) is 11.3. The fourth-order valence-corrected chi connectivity index (χ4v) is 3.61. The van der Waals surface area contributed by atoms with Crippen molar-refractivity contribution in [2.45, 2.75) is 5.54 Å². The van der Waals surface area contributed by atoms with Gasteiger partial charge in [0.05, 0.1) is 0 Å². The predicted molar refractivity (Wildman–Crippen MR) is 149 cm³/mol. The number of hydrogen-bond donors (Lipinski definition) is 3. The number of amides is 3. The summed E-state index contributed by atoms with van der Waals surface area (Å²) in [7, 11) is 0. The van der Waals surface area contributed by atoms with Crippen molar-refractivity contribution < 1.29 is 33.5 Å². The van der Waals surface area contributed by atoms with Crippen LogP contribution >= 0.6 is 34.8 Å². The molecule has 210 valence electrons. The van der Waals surface area contributed by atoms with Crippen LogP contribution in [0.25, 0.3) is 0 Å². The summed E-state index contributed by atoms with van der Waals surface area (Å²) in [6.07, 6.45) is -3.21. The maximum absolute atomic E-state index is 12.4. The third-order valence-corrected chi connectivity index (χ3v) is 5.72. The minimum absolute atomic E-state index is 0.263. The molecule has 0 unspecified atom stereocenters. The van der Waals surface area contributed by atoms with Crippen LogP contribution in [0.3, 0.4) is 0 Å². The van der Waals surface area contributed by atoms with Crippen LogP contribution in [0.15, 0.2) is 72.8 Å². The normalized spacial score (nSPS) is 10.7. The summed E-state index contributed by atoms with van der Waals surface area (Å²) in [5, 5.41) is 20.3. The molecule has 40 heavy (non-hydrogen) atoms. The summed E-state index contributed by atoms with van der Waals surface area (Å²) >= 11 is 17.7. The maximum Gasteiger partial charge on any atom is 0.411 e. The van der Waals surface area contributed by atoms with E-state index in [1.807, 2.05) is 0 Å². The highest BCUT2D eigenvalue weighted by molar-refractivity contribution is 6.31. The Morgan fingerprint density at radius 1 is 0.650 bits per heavy atom. The Bertz CT molecular complexity index is 1240. The molecule has 0 aliphatic carbocycles. The lowest BCUT2D eigenvalue weighted by Crippen LogP contribution is -2.53. The van der Waals surface area contributed by atoms with Gasteiger partial charge in [-0.05, 0) is 54.6 Å². The van der Waals surface area contributed by atoms with E-state index in [9.17, 15) is 24.5 Å². The monoisotopic (exact) mass is 610 g/mol.